The lowest BCUT2D eigenvalue weighted by Gasteiger charge is -2.21. The number of halogens is 2. The summed E-state index contributed by atoms with van der Waals surface area (Å²) in [6, 6.07) is 6.29. The average Bonchev–Trinajstić information content (AvgIpc) is 3.48. The molecule has 1 aromatic carbocycles. The summed E-state index contributed by atoms with van der Waals surface area (Å²) in [5.74, 6) is -1.88. The number of hydrogen-bond donors (Lipinski definition) is 1. The van der Waals surface area contributed by atoms with Gasteiger partial charge in [0, 0.05) is 30.5 Å². The molecule has 9 heteroatoms. The molecule has 0 radical (unpaired) electrons. The van der Waals surface area contributed by atoms with Crippen LogP contribution in [0.5, 0.6) is 0 Å². The molecular weight excluding hydrogens is 376 g/mol. The van der Waals surface area contributed by atoms with Crippen LogP contribution in [0.4, 0.5) is 8.78 Å². The van der Waals surface area contributed by atoms with Crippen molar-refractivity contribution in [1.29, 1.82) is 0 Å². The first-order valence-corrected chi connectivity index (χ1v) is 9.95. The zero-order chi connectivity index (χ0) is 19.4. The highest BCUT2D eigenvalue weighted by atomic mass is 32.2. The van der Waals surface area contributed by atoms with Gasteiger partial charge in [-0.05, 0) is 43.5 Å². The summed E-state index contributed by atoms with van der Waals surface area (Å²) >= 11 is 0. The number of nitrogens with one attached hydrogen (secondary N) is 1. The molecule has 3 rings (SSSR count). The molecule has 1 fully saturated rings. The molecule has 2 aromatic rings. The predicted octanol–water partition coefficient (Wildman–Crippen LogP) is 1.87. The zero-order valence-electron chi connectivity index (χ0n) is 14.4. The predicted molar refractivity (Wildman–Crippen MR) is 94.2 cm³/mol. The van der Waals surface area contributed by atoms with Crippen molar-refractivity contribution < 1.29 is 22.0 Å². The van der Waals surface area contributed by atoms with Gasteiger partial charge in [0.15, 0.2) is 0 Å². The Hall–Kier alpha value is -2.39. The van der Waals surface area contributed by atoms with Crippen LogP contribution >= 0.6 is 0 Å². The number of pyridine rings is 1. The van der Waals surface area contributed by atoms with Crippen molar-refractivity contribution in [2.75, 3.05) is 13.1 Å². The maximum atomic E-state index is 13.6. The number of aromatic nitrogens is 1. The van der Waals surface area contributed by atoms with E-state index in [2.05, 4.69) is 10.3 Å². The minimum absolute atomic E-state index is 0.00212. The molecule has 144 valence electrons. The van der Waals surface area contributed by atoms with E-state index in [-0.39, 0.29) is 36.0 Å². The number of carbonyl (C=O) groups is 1. The number of rotatable bonds is 8. The van der Waals surface area contributed by atoms with E-state index in [1.807, 2.05) is 0 Å². The van der Waals surface area contributed by atoms with Crippen molar-refractivity contribution in [3.8, 4) is 0 Å². The van der Waals surface area contributed by atoms with Gasteiger partial charge in [0.05, 0.1) is 6.54 Å². The first kappa shape index (κ1) is 19.4. The number of nitrogens with zero attached hydrogens (tertiary/aromatic N) is 2. The molecule has 6 nitrogen and oxygen atoms in total. The summed E-state index contributed by atoms with van der Waals surface area (Å²) in [4.78, 5) is 16.0. The maximum absolute atomic E-state index is 13.6. The lowest BCUT2D eigenvalue weighted by molar-refractivity contribution is -0.121. The maximum Gasteiger partial charge on any atom is 0.245 e. The number of amides is 1. The molecule has 1 aliphatic carbocycles. The fourth-order valence-electron chi connectivity index (χ4n) is 2.70. The molecule has 1 aliphatic rings. The van der Waals surface area contributed by atoms with Crippen LogP contribution in [0.2, 0.25) is 0 Å². The molecule has 0 unspecified atom stereocenters. The van der Waals surface area contributed by atoms with E-state index in [0.717, 1.165) is 16.4 Å². The highest BCUT2D eigenvalue weighted by molar-refractivity contribution is 7.89. The largest absolute Gasteiger partial charge is 0.355 e. The lowest BCUT2D eigenvalue weighted by Crippen LogP contribution is -2.42. The molecule has 0 atom stereocenters. The molecule has 1 heterocycles. The molecule has 0 spiro atoms. The molecule has 1 amide bonds. The van der Waals surface area contributed by atoms with Gasteiger partial charge in [-0.25, -0.2) is 17.2 Å². The van der Waals surface area contributed by atoms with Gasteiger partial charge in [0.1, 0.15) is 16.5 Å². The van der Waals surface area contributed by atoms with E-state index >= 15 is 0 Å². The second-order valence-corrected chi connectivity index (χ2v) is 8.16. The Morgan fingerprint density at radius 1 is 1.19 bits per heavy atom. The lowest BCUT2D eigenvalue weighted by atomic mass is 10.1. The van der Waals surface area contributed by atoms with Crippen molar-refractivity contribution in [2.45, 2.75) is 30.2 Å². The summed E-state index contributed by atoms with van der Waals surface area (Å²) in [7, 11) is -3.83. The molecule has 1 N–H and O–H groups in total. The van der Waals surface area contributed by atoms with E-state index in [1.54, 1.807) is 0 Å². The quantitative estimate of drug-likeness (QED) is 0.740. The van der Waals surface area contributed by atoms with Gasteiger partial charge in [0.2, 0.25) is 15.9 Å². The van der Waals surface area contributed by atoms with Crippen LogP contribution in [0.15, 0.2) is 47.6 Å². The van der Waals surface area contributed by atoms with Crippen molar-refractivity contribution in [1.82, 2.24) is 14.6 Å². The van der Waals surface area contributed by atoms with Gasteiger partial charge >= 0.3 is 0 Å². The zero-order valence-corrected chi connectivity index (χ0v) is 15.3. The Morgan fingerprint density at radius 3 is 2.48 bits per heavy atom. The Bertz CT molecular complexity index is 898. The number of hydrogen-bond acceptors (Lipinski definition) is 4. The number of benzene rings is 1. The second kappa shape index (κ2) is 8.10. The minimum atomic E-state index is -3.83. The third-order valence-electron chi connectivity index (χ3n) is 4.25. The van der Waals surface area contributed by atoms with Gasteiger partial charge in [-0.3, -0.25) is 9.78 Å². The molecule has 1 aromatic heterocycles. The summed E-state index contributed by atoms with van der Waals surface area (Å²) in [6.07, 6.45) is 4.06. The third-order valence-corrected chi connectivity index (χ3v) is 6.14. The fourth-order valence-corrected chi connectivity index (χ4v) is 4.31. The smallest absolute Gasteiger partial charge is 0.245 e. The van der Waals surface area contributed by atoms with Crippen molar-refractivity contribution in [3.05, 3.63) is 59.9 Å². The summed E-state index contributed by atoms with van der Waals surface area (Å²) in [5.41, 5.74) is -0.111. The standard InChI is InChI=1S/C18H19F2N3O3S/c19-16-4-1-5-17(20)15(16)8-10-22-18(24)12-23(13-6-7-13)27(25,26)14-3-2-9-21-11-14/h1-5,9,11,13H,6-8,10,12H2,(H,22,24). The van der Waals surface area contributed by atoms with Crippen molar-refractivity contribution >= 4 is 15.9 Å². The molecule has 0 aliphatic heterocycles. The first-order chi connectivity index (χ1) is 12.9. The minimum Gasteiger partial charge on any atom is -0.355 e. The van der Waals surface area contributed by atoms with Crippen LogP contribution in [0.3, 0.4) is 0 Å². The highest BCUT2D eigenvalue weighted by Crippen LogP contribution is 2.31. The molecular formula is C18H19F2N3O3S. The van der Waals surface area contributed by atoms with E-state index < -0.39 is 27.6 Å². The Labute approximate surface area is 156 Å². The van der Waals surface area contributed by atoms with Crippen molar-refractivity contribution in [3.63, 3.8) is 0 Å². The van der Waals surface area contributed by atoms with E-state index in [0.29, 0.717) is 12.8 Å². The van der Waals surface area contributed by atoms with Crippen LogP contribution in [0, 0.1) is 11.6 Å². The van der Waals surface area contributed by atoms with Gasteiger partial charge in [-0.2, -0.15) is 4.31 Å². The average molecular weight is 395 g/mol. The van der Waals surface area contributed by atoms with Crippen LogP contribution in [0.1, 0.15) is 18.4 Å². The van der Waals surface area contributed by atoms with Crippen LogP contribution < -0.4 is 5.32 Å². The molecule has 0 saturated heterocycles. The van der Waals surface area contributed by atoms with Gasteiger partial charge in [-0.15, -0.1) is 0 Å². The second-order valence-electron chi connectivity index (χ2n) is 6.27. The van der Waals surface area contributed by atoms with Crippen LogP contribution in [0.25, 0.3) is 0 Å². The monoisotopic (exact) mass is 395 g/mol. The van der Waals surface area contributed by atoms with Gasteiger partial charge in [0.25, 0.3) is 0 Å². The molecule has 1 saturated carbocycles. The van der Waals surface area contributed by atoms with Crippen LogP contribution in [-0.2, 0) is 21.2 Å². The van der Waals surface area contributed by atoms with E-state index in [4.69, 9.17) is 0 Å². The topological polar surface area (TPSA) is 79.4 Å². The van der Waals surface area contributed by atoms with Crippen LogP contribution in [-0.4, -0.2) is 42.7 Å². The highest BCUT2D eigenvalue weighted by Gasteiger charge is 2.39. The van der Waals surface area contributed by atoms with Gasteiger partial charge < -0.3 is 5.32 Å². The summed E-state index contributed by atoms with van der Waals surface area (Å²) in [6.45, 7) is -0.343. The van der Waals surface area contributed by atoms with Gasteiger partial charge in [-0.1, -0.05) is 6.07 Å². The summed E-state index contributed by atoms with van der Waals surface area (Å²) in [5, 5.41) is 2.53. The first-order valence-electron chi connectivity index (χ1n) is 8.51. The summed E-state index contributed by atoms with van der Waals surface area (Å²) < 4.78 is 53.8. The molecule has 0 bridgehead atoms. The molecule has 27 heavy (non-hydrogen) atoms. The van der Waals surface area contributed by atoms with E-state index in [9.17, 15) is 22.0 Å². The SMILES string of the molecule is O=C(CN(C1CC1)S(=O)(=O)c1cccnc1)NCCc1c(F)cccc1F. The number of carbonyl (C=O) groups excluding carboxylic acids is 1. The normalized spacial score (nSPS) is 14.3. The third kappa shape index (κ3) is 4.67. The Morgan fingerprint density at radius 2 is 1.89 bits per heavy atom. The Balaban J connectivity index is 1.61. The van der Waals surface area contributed by atoms with Crippen molar-refractivity contribution in [2.24, 2.45) is 0 Å². The Kier molecular flexibility index (Phi) is 5.81. The fraction of sp³-hybridized carbons (Fsp3) is 0.333. The van der Waals surface area contributed by atoms with E-state index in [1.165, 1.54) is 30.6 Å². The number of sulfonamides is 1.